The SMILES string of the molecule is COC(=O)c1c(C)[nH]c(C(=O)[C@H](C)[NH+]2CCN(c3cccc(OC)c3)CC2)c1C. The molecular weight excluding hydrogens is 370 g/mol. The van der Waals surface area contributed by atoms with Crippen molar-refractivity contribution in [2.75, 3.05) is 45.3 Å². The number of carbonyl (C=O) groups excluding carboxylic acids is 2. The van der Waals surface area contributed by atoms with Crippen molar-refractivity contribution in [3.8, 4) is 5.75 Å². The Balaban J connectivity index is 1.68. The van der Waals surface area contributed by atoms with Crippen molar-refractivity contribution < 1.29 is 24.0 Å². The Morgan fingerprint density at radius 1 is 1.17 bits per heavy atom. The molecule has 1 aliphatic heterocycles. The predicted molar refractivity (Wildman–Crippen MR) is 111 cm³/mol. The van der Waals surface area contributed by atoms with Crippen molar-refractivity contribution >= 4 is 17.4 Å². The van der Waals surface area contributed by atoms with Crippen molar-refractivity contribution in [2.24, 2.45) is 0 Å². The zero-order valence-electron chi connectivity index (χ0n) is 17.8. The molecule has 7 nitrogen and oxygen atoms in total. The Kier molecular flexibility index (Phi) is 6.27. The molecule has 29 heavy (non-hydrogen) atoms. The van der Waals surface area contributed by atoms with Crippen molar-refractivity contribution in [3.63, 3.8) is 0 Å². The smallest absolute Gasteiger partial charge is 0.339 e. The summed E-state index contributed by atoms with van der Waals surface area (Å²) in [6, 6.07) is 7.87. The second kappa shape index (κ2) is 8.69. The van der Waals surface area contributed by atoms with Crippen LogP contribution in [-0.4, -0.2) is 63.2 Å². The molecule has 1 aromatic carbocycles. The van der Waals surface area contributed by atoms with Gasteiger partial charge in [-0.15, -0.1) is 0 Å². The number of rotatable bonds is 6. The minimum Gasteiger partial charge on any atom is -0.497 e. The molecule has 0 aliphatic carbocycles. The normalized spacial score (nSPS) is 15.8. The number of quaternary nitrogens is 1. The van der Waals surface area contributed by atoms with Crippen LogP contribution in [0.25, 0.3) is 0 Å². The van der Waals surface area contributed by atoms with Crippen molar-refractivity contribution in [1.82, 2.24) is 4.98 Å². The quantitative estimate of drug-likeness (QED) is 0.566. The summed E-state index contributed by atoms with van der Waals surface area (Å²) in [6.45, 7) is 9.03. The Bertz CT molecular complexity index is 897. The third kappa shape index (κ3) is 4.15. The lowest BCUT2D eigenvalue weighted by Crippen LogP contribution is -3.18. The Labute approximate surface area is 171 Å². The van der Waals surface area contributed by atoms with E-state index in [0.717, 1.165) is 37.6 Å². The number of nitrogens with zero attached hydrogens (tertiary/aromatic N) is 1. The number of hydrogen-bond donors (Lipinski definition) is 2. The number of hydrogen-bond acceptors (Lipinski definition) is 5. The Morgan fingerprint density at radius 2 is 1.86 bits per heavy atom. The van der Waals surface area contributed by atoms with Gasteiger partial charge in [0.15, 0.2) is 6.04 Å². The molecule has 0 saturated carbocycles. The third-order valence-electron chi connectivity index (χ3n) is 5.90. The molecule has 7 heteroatoms. The molecular formula is C22H30N3O4+. The average Bonchev–Trinajstić information content (AvgIpc) is 3.06. The molecule has 156 valence electrons. The van der Waals surface area contributed by atoms with Gasteiger partial charge in [-0.2, -0.15) is 0 Å². The topological polar surface area (TPSA) is 76.1 Å². The van der Waals surface area contributed by atoms with E-state index >= 15 is 0 Å². The number of aromatic amines is 1. The first kappa shape index (κ1) is 20.9. The van der Waals surface area contributed by atoms with Gasteiger partial charge in [-0.25, -0.2) is 4.79 Å². The maximum Gasteiger partial charge on any atom is 0.339 e. The molecule has 1 aliphatic rings. The lowest BCUT2D eigenvalue weighted by Gasteiger charge is -2.36. The monoisotopic (exact) mass is 400 g/mol. The van der Waals surface area contributed by atoms with Crippen LogP contribution in [0, 0.1) is 13.8 Å². The molecule has 2 heterocycles. The van der Waals surface area contributed by atoms with E-state index in [9.17, 15) is 9.59 Å². The fraction of sp³-hybridized carbons (Fsp3) is 0.455. The molecule has 2 N–H and O–H groups in total. The summed E-state index contributed by atoms with van der Waals surface area (Å²) >= 11 is 0. The highest BCUT2D eigenvalue weighted by molar-refractivity contribution is 6.03. The van der Waals surface area contributed by atoms with E-state index in [-0.39, 0.29) is 11.8 Å². The van der Waals surface area contributed by atoms with E-state index in [1.54, 1.807) is 21.0 Å². The van der Waals surface area contributed by atoms with E-state index in [0.29, 0.717) is 22.5 Å². The van der Waals surface area contributed by atoms with Crippen LogP contribution in [0.3, 0.4) is 0 Å². The molecule has 3 rings (SSSR count). The zero-order valence-corrected chi connectivity index (χ0v) is 17.8. The maximum absolute atomic E-state index is 13.1. The zero-order chi connectivity index (χ0) is 21.1. The number of ether oxygens (including phenoxy) is 2. The van der Waals surface area contributed by atoms with Gasteiger partial charge in [0.2, 0.25) is 5.78 Å². The number of aromatic nitrogens is 1. The van der Waals surface area contributed by atoms with E-state index < -0.39 is 5.97 Å². The largest absolute Gasteiger partial charge is 0.497 e. The summed E-state index contributed by atoms with van der Waals surface area (Å²) < 4.78 is 10.2. The van der Waals surface area contributed by atoms with Gasteiger partial charge < -0.3 is 24.3 Å². The molecule has 0 spiro atoms. The molecule has 0 bridgehead atoms. The van der Waals surface area contributed by atoms with Crippen LogP contribution < -0.4 is 14.5 Å². The summed E-state index contributed by atoms with van der Waals surface area (Å²) in [6.07, 6.45) is 0. The van der Waals surface area contributed by atoms with Gasteiger partial charge in [-0.3, -0.25) is 4.79 Å². The van der Waals surface area contributed by atoms with Gasteiger partial charge in [-0.1, -0.05) is 6.07 Å². The number of esters is 1. The summed E-state index contributed by atoms with van der Waals surface area (Å²) in [5.41, 5.74) is 3.45. The number of piperazine rings is 1. The maximum atomic E-state index is 13.1. The summed E-state index contributed by atoms with van der Waals surface area (Å²) in [7, 11) is 3.02. The van der Waals surface area contributed by atoms with E-state index in [4.69, 9.17) is 9.47 Å². The standard InChI is InChI=1S/C22H29N3O4/c1-14-19(22(27)29-5)15(2)23-20(14)21(26)16(3)24-9-11-25(12-10-24)17-7-6-8-18(13-17)28-4/h6-8,13,16,23H,9-12H2,1-5H3/p+1/t16-/m0/s1. The number of ketones is 1. The van der Waals surface area contributed by atoms with Gasteiger partial charge in [0.05, 0.1) is 51.7 Å². The number of Topliss-reactive ketones (excluding diaryl/α,β-unsaturated/α-hetero) is 1. The van der Waals surface area contributed by atoms with E-state index in [1.165, 1.54) is 12.0 Å². The number of nitrogens with one attached hydrogen (secondary N) is 2. The second-order valence-electron chi connectivity index (χ2n) is 7.55. The fourth-order valence-corrected chi connectivity index (χ4v) is 4.10. The summed E-state index contributed by atoms with van der Waals surface area (Å²) in [4.78, 5) is 31.8. The van der Waals surface area contributed by atoms with Gasteiger partial charge in [0, 0.05) is 17.4 Å². The molecule has 1 aromatic heterocycles. The van der Waals surface area contributed by atoms with Gasteiger partial charge in [0.1, 0.15) is 5.75 Å². The van der Waals surface area contributed by atoms with Gasteiger partial charge >= 0.3 is 5.97 Å². The minimum atomic E-state index is -0.415. The van der Waals surface area contributed by atoms with Crippen LogP contribution in [0.15, 0.2) is 24.3 Å². The van der Waals surface area contributed by atoms with Crippen LogP contribution >= 0.6 is 0 Å². The number of anilines is 1. The van der Waals surface area contributed by atoms with Crippen LogP contribution in [-0.2, 0) is 4.74 Å². The number of benzene rings is 1. The highest BCUT2D eigenvalue weighted by Gasteiger charge is 2.33. The number of H-pyrrole nitrogens is 1. The third-order valence-corrected chi connectivity index (χ3v) is 5.90. The van der Waals surface area contributed by atoms with Gasteiger partial charge in [0.25, 0.3) is 0 Å². The first-order chi connectivity index (χ1) is 13.9. The number of carbonyl (C=O) groups is 2. The molecule has 2 aromatic rings. The van der Waals surface area contributed by atoms with Crippen molar-refractivity contribution in [1.29, 1.82) is 0 Å². The highest BCUT2D eigenvalue weighted by atomic mass is 16.5. The average molecular weight is 400 g/mol. The molecule has 1 fully saturated rings. The first-order valence-electron chi connectivity index (χ1n) is 9.92. The first-order valence-corrected chi connectivity index (χ1v) is 9.92. The Hall–Kier alpha value is -2.80. The van der Waals surface area contributed by atoms with E-state index in [2.05, 4.69) is 16.0 Å². The summed E-state index contributed by atoms with van der Waals surface area (Å²) in [5, 5.41) is 0. The van der Waals surface area contributed by atoms with E-state index in [1.807, 2.05) is 25.1 Å². The van der Waals surface area contributed by atoms with Crippen LogP contribution in [0.5, 0.6) is 5.75 Å². The molecule has 0 amide bonds. The van der Waals surface area contributed by atoms with Crippen LogP contribution in [0.4, 0.5) is 5.69 Å². The highest BCUT2D eigenvalue weighted by Crippen LogP contribution is 2.22. The lowest BCUT2D eigenvalue weighted by atomic mass is 10.0. The molecule has 1 atom stereocenters. The molecule has 1 saturated heterocycles. The predicted octanol–water partition coefficient (Wildman–Crippen LogP) is 1.40. The number of methoxy groups -OCH3 is 2. The van der Waals surface area contributed by atoms with Crippen LogP contribution in [0.1, 0.15) is 39.0 Å². The second-order valence-corrected chi connectivity index (χ2v) is 7.55. The minimum absolute atomic E-state index is 0.0329. The fourth-order valence-electron chi connectivity index (χ4n) is 4.10. The summed E-state index contributed by atoms with van der Waals surface area (Å²) in [5.74, 6) is 0.465. The van der Waals surface area contributed by atoms with Gasteiger partial charge in [-0.05, 0) is 38.5 Å². The lowest BCUT2D eigenvalue weighted by molar-refractivity contribution is -0.914. The van der Waals surface area contributed by atoms with Crippen molar-refractivity contribution in [2.45, 2.75) is 26.8 Å². The number of aryl methyl sites for hydroxylation is 1. The van der Waals surface area contributed by atoms with Crippen LogP contribution in [0.2, 0.25) is 0 Å². The molecule has 0 radical (unpaired) electrons. The van der Waals surface area contributed by atoms with Crippen molar-refractivity contribution in [3.05, 3.63) is 46.8 Å². The molecule has 0 unspecified atom stereocenters. The Morgan fingerprint density at radius 3 is 2.48 bits per heavy atom.